The minimum atomic E-state index is 0.0324. The highest BCUT2D eigenvalue weighted by Gasteiger charge is 2.42. The van der Waals surface area contributed by atoms with Gasteiger partial charge in [0.25, 0.3) is 0 Å². The van der Waals surface area contributed by atoms with Crippen LogP contribution >= 0.6 is 11.8 Å². The summed E-state index contributed by atoms with van der Waals surface area (Å²) in [5.74, 6) is 3.62. The molecule has 0 aromatic carbocycles. The third kappa shape index (κ3) is 4.22. The predicted molar refractivity (Wildman–Crippen MR) is 85.0 cm³/mol. The number of ketones is 1. The van der Waals surface area contributed by atoms with E-state index >= 15 is 0 Å². The van der Waals surface area contributed by atoms with E-state index in [9.17, 15) is 4.79 Å². The zero-order valence-electron chi connectivity index (χ0n) is 12.7. The molecule has 2 fully saturated rings. The second-order valence-electron chi connectivity index (χ2n) is 6.38. The minimum Gasteiger partial charge on any atom is -0.374 e. The van der Waals surface area contributed by atoms with Crippen molar-refractivity contribution in [2.75, 3.05) is 24.7 Å². The number of hydrogen-bond donors (Lipinski definition) is 1. The van der Waals surface area contributed by atoms with Crippen molar-refractivity contribution < 1.29 is 9.53 Å². The summed E-state index contributed by atoms with van der Waals surface area (Å²) < 4.78 is 6.00. The Balaban J connectivity index is 1.79. The van der Waals surface area contributed by atoms with E-state index in [1.807, 2.05) is 11.8 Å². The van der Waals surface area contributed by atoms with E-state index in [4.69, 9.17) is 10.5 Å². The molecule has 0 aliphatic carbocycles. The Bertz CT molecular complexity index is 316. The van der Waals surface area contributed by atoms with Crippen LogP contribution in [-0.2, 0) is 9.53 Å². The molecular formula is C16H29NO2S. The van der Waals surface area contributed by atoms with Crippen LogP contribution in [0.2, 0.25) is 0 Å². The summed E-state index contributed by atoms with van der Waals surface area (Å²) in [6.45, 7) is 3.71. The van der Waals surface area contributed by atoms with E-state index in [1.165, 1.54) is 5.75 Å². The first-order valence-electron chi connectivity index (χ1n) is 8.13. The molecule has 0 saturated carbocycles. The van der Waals surface area contributed by atoms with Gasteiger partial charge in [0.1, 0.15) is 5.78 Å². The molecule has 3 atom stereocenters. The summed E-state index contributed by atoms with van der Waals surface area (Å²) in [6.07, 6.45) is 6.98. The fourth-order valence-corrected chi connectivity index (χ4v) is 4.88. The monoisotopic (exact) mass is 299 g/mol. The van der Waals surface area contributed by atoms with E-state index in [-0.39, 0.29) is 11.5 Å². The summed E-state index contributed by atoms with van der Waals surface area (Å²) in [5, 5.41) is 0. The summed E-state index contributed by atoms with van der Waals surface area (Å²) in [4.78, 5) is 12.5. The van der Waals surface area contributed by atoms with Crippen molar-refractivity contribution in [1.29, 1.82) is 0 Å². The number of nitrogens with two attached hydrogens (primary N) is 1. The highest BCUT2D eigenvalue weighted by molar-refractivity contribution is 7.99. The summed E-state index contributed by atoms with van der Waals surface area (Å²) >= 11 is 1.97. The van der Waals surface area contributed by atoms with Crippen molar-refractivity contribution in [3.8, 4) is 0 Å². The van der Waals surface area contributed by atoms with Gasteiger partial charge in [-0.15, -0.1) is 0 Å². The molecule has 0 aromatic heterocycles. The molecule has 3 nitrogen and oxygen atoms in total. The SMILES string of the molecule is CCC(CCN)CCC(=O)C1CCOC2(CCSC2)C1. The largest absolute Gasteiger partial charge is 0.374 e. The average molecular weight is 299 g/mol. The molecule has 0 aromatic rings. The molecule has 2 aliphatic rings. The molecule has 2 heterocycles. The van der Waals surface area contributed by atoms with Gasteiger partial charge in [-0.2, -0.15) is 11.8 Å². The lowest BCUT2D eigenvalue weighted by Crippen LogP contribution is -2.42. The molecule has 0 amide bonds. The molecule has 2 rings (SSSR count). The van der Waals surface area contributed by atoms with Crippen LogP contribution in [0.15, 0.2) is 0 Å². The van der Waals surface area contributed by atoms with Crippen molar-refractivity contribution in [3.63, 3.8) is 0 Å². The van der Waals surface area contributed by atoms with E-state index in [0.29, 0.717) is 11.7 Å². The summed E-state index contributed by atoms with van der Waals surface area (Å²) in [6, 6.07) is 0. The Morgan fingerprint density at radius 3 is 3.00 bits per heavy atom. The maximum atomic E-state index is 12.5. The summed E-state index contributed by atoms with van der Waals surface area (Å²) in [7, 11) is 0. The van der Waals surface area contributed by atoms with Gasteiger partial charge in [-0.25, -0.2) is 0 Å². The first-order valence-corrected chi connectivity index (χ1v) is 9.29. The van der Waals surface area contributed by atoms with Crippen molar-refractivity contribution in [1.82, 2.24) is 0 Å². The highest BCUT2D eigenvalue weighted by Crippen LogP contribution is 2.41. The second kappa shape index (κ2) is 7.81. The number of Topliss-reactive ketones (excluding diaryl/α,β-unsaturated/α-hetero) is 1. The zero-order valence-corrected chi connectivity index (χ0v) is 13.6. The van der Waals surface area contributed by atoms with E-state index < -0.39 is 0 Å². The molecule has 0 bridgehead atoms. The maximum Gasteiger partial charge on any atom is 0.136 e. The Labute approximate surface area is 127 Å². The molecule has 2 aliphatic heterocycles. The summed E-state index contributed by atoms with van der Waals surface area (Å²) in [5.41, 5.74) is 5.66. The molecule has 20 heavy (non-hydrogen) atoms. The fourth-order valence-electron chi connectivity index (χ4n) is 3.50. The zero-order chi connectivity index (χ0) is 14.4. The molecule has 1 spiro atoms. The molecule has 4 heteroatoms. The van der Waals surface area contributed by atoms with E-state index in [1.54, 1.807) is 0 Å². The van der Waals surface area contributed by atoms with Gasteiger partial charge in [0, 0.05) is 24.7 Å². The normalized spacial score (nSPS) is 31.6. The quantitative estimate of drug-likeness (QED) is 0.785. The molecule has 116 valence electrons. The number of hydrogen-bond acceptors (Lipinski definition) is 4. The molecule has 3 unspecified atom stereocenters. The number of thioether (sulfide) groups is 1. The van der Waals surface area contributed by atoms with Crippen LogP contribution in [-0.4, -0.2) is 36.0 Å². The third-order valence-corrected chi connectivity index (χ3v) is 6.19. The fraction of sp³-hybridized carbons (Fsp3) is 0.938. The third-order valence-electron chi connectivity index (χ3n) is 4.97. The van der Waals surface area contributed by atoms with Crippen LogP contribution in [0, 0.1) is 11.8 Å². The second-order valence-corrected chi connectivity index (χ2v) is 7.49. The van der Waals surface area contributed by atoms with Crippen LogP contribution in [0.5, 0.6) is 0 Å². The molecule has 2 saturated heterocycles. The molecule has 0 radical (unpaired) electrons. The van der Waals surface area contributed by atoms with Gasteiger partial charge in [0.15, 0.2) is 0 Å². The van der Waals surface area contributed by atoms with Crippen molar-refractivity contribution in [2.24, 2.45) is 17.6 Å². The van der Waals surface area contributed by atoms with Crippen LogP contribution in [0.3, 0.4) is 0 Å². The molecule has 2 N–H and O–H groups in total. The Kier molecular flexibility index (Phi) is 6.37. The Morgan fingerprint density at radius 1 is 1.50 bits per heavy atom. The number of carbonyl (C=O) groups excluding carboxylic acids is 1. The van der Waals surface area contributed by atoms with Gasteiger partial charge < -0.3 is 10.5 Å². The van der Waals surface area contributed by atoms with E-state index in [0.717, 1.165) is 63.9 Å². The van der Waals surface area contributed by atoms with Crippen LogP contribution in [0.4, 0.5) is 0 Å². The Morgan fingerprint density at radius 2 is 2.35 bits per heavy atom. The smallest absolute Gasteiger partial charge is 0.136 e. The van der Waals surface area contributed by atoms with Crippen LogP contribution in [0.1, 0.15) is 51.9 Å². The van der Waals surface area contributed by atoms with Crippen LogP contribution < -0.4 is 5.73 Å². The first kappa shape index (κ1) is 16.3. The van der Waals surface area contributed by atoms with Gasteiger partial charge in [-0.05, 0) is 50.3 Å². The standard InChI is InChI=1S/C16H29NO2S/c1-2-13(5-8-17)3-4-15(18)14-6-9-19-16(11-14)7-10-20-12-16/h13-14H,2-12,17H2,1H3. The van der Waals surface area contributed by atoms with Gasteiger partial charge >= 0.3 is 0 Å². The van der Waals surface area contributed by atoms with Gasteiger partial charge in [0.2, 0.25) is 0 Å². The number of ether oxygens (including phenoxy) is 1. The van der Waals surface area contributed by atoms with Gasteiger partial charge in [0.05, 0.1) is 5.60 Å². The lowest BCUT2D eigenvalue weighted by molar-refractivity contribution is -0.134. The van der Waals surface area contributed by atoms with Crippen LogP contribution in [0.25, 0.3) is 0 Å². The highest BCUT2D eigenvalue weighted by atomic mass is 32.2. The minimum absolute atomic E-state index is 0.0324. The lowest BCUT2D eigenvalue weighted by Gasteiger charge is -2.37. The number of rotatable bonds is 7. The topological polar surface area (TPSA) is 52.3 Å². The van der Waals surface area contributed by atoms with E-state index in [2.05, 4.69) is 6.92 Å². The first-order chi connectivity index (χ1) is 9.69. The maximum absolute atomic E-state index is 12.5. The lowest BCUT2D eigenvalue weighted by atomic mass is 9.81. The Hall–Kier alpha value is -0.0600. The number of carbonyl (C=O) groups is 1. The van der Waals surface area contributed by atoms with Gasteiger partial charge in [-0.1, -0.05) is 13.3 Å². The van der Waals surface area contributed by atoms with Gasteiger partial charge in [-0.3, -0.25) is 4.79 Å². The average Bonchev–Trinajstić information content (AvgIpc) is 2.91. The van der Waals surface area contributed by atoms with Crippen molar-refractivity contribution in [3.05, 3.63) is 0 Å². The molecular weight excluding hydrogens is 270 g/mol. The predicted octanol–water partition coefficient (Wildman–Crippen LogP) is 3.01. The van der Waals surface area contributed by atoms with Crippen molar-refractivity contribution in [2.45, 2.75) is 57.5 Å². The van der Waals surface area contributed by atoms with Crippen molar-refractivity contribution >= 4 is 17.5 Å².